The van der Waals surface area contributed by atoms with Crippen molar-refractivity contribution < 1.29 is 4.79 Å². The van der Waals surface area contributed by atoms with Gasteiger partial charge < -0.3 is 4.72 Å². The van der Waals surface area contributed by atoms with Crippen LogP contribution in [0, 0.1) is 0 Å². The molecule has 13 heavy (non-hydrogen) atoms. The highest BCUT2D eigenvalue weighted by Crippen LogP contribution is 2.52. The van der Waals surface area contributed by atoms with Gasteiger partial charge in [0.15, 0.2) is 0 Å². The monoisotopic (exact) mass is 215 g/mol. The molecule has 72 valence electrons. The van der Waals surface area contributed by atoms with E-state index in [1.807, 2.05) is 36.0 Å². The molecule has 1 aliphatic heterocycles. The maximum atomic E-state index is 10.9. The lowest BCUT2D eigenvalue weighted by Gasteiger charge is -2.26. The molecule has 1 unspecified atom stereocenters. The van der Waals surface area contributed by atoms with E-state index in [1.165, 1.54) is 6.92 Å². The van der Waals surface area contributed by atoms with Gasteiger partial charge in [-0.3, -0.25) is 4.79 Å². The first-order valence-electron chi connectivity index (χ1n) is 3.89. The first-order chi connectivity index (χ1) is 6.02. The zero-order chi connectivity index (χ0) is 9.90. The molecular weight excluding hydrogens is 202 g/mol. The van der Waals surface area contributed by atoms with E-state index in [2.05, 4.69) is 16.4 Å². The molecule has 0 aromatic rings. The third kappa shape index (κ3) is 3.32. The smallest absolute Gasteiger partial charge is 0.226 e. The van der Waals surface area contributed by atoms with Crippen LogP contribution < -0.4 is 4.72 Å². The summed E-state index contributed by atoms with van der Waals surface area (Å²) >= 11 is 4.44. The Hall–Kier alpha value is -0.610. The van der Waals surface area contributed by atoms with Crippen LogP contribution in [0.2, 0.25) is 0 Å². The number of amides is 1. The van der Waals surface area contributed by atoms with Gasteiger partial charge in [-0.1, -0.05) is 33.0 Å². The molecule has 0 aliphatic carbocycles. The quantitative estimate of drug-likeness (QED) is 0.511. The van der Waals surface area contributed by atoms with Crippen molar-refractivity contribution in [1.29, 1.82) is 0 Å². The SMILES string of the molecule is CC(=O)NS1(S)C=CC=C(C)C=C1. The molecule has 0 aromatic carbocycles. The minimum atomic E-state index is -1.53. The summed E-state index contributed by atoms with van der Waals surface area (Å²) in [6, 6.07) is 0. The molecule has 1 N–H and O–H groups in total. The van der Waals surface area contributed by atoms with Gasteiger partial charge >= 0.3 is 0 Å². The van der Waals surface area contributed by atoms with Crippen LogP contribution in [0.5, 0.6) is 0 Å². The standard InChI is InChI=1S/C9H13NOS2/c1-8-4-3-6-13(12,7-5-8)10-9(2)11/h3-7,12H,1-2H3,(H,10,11). The van der Waals surface area contributed by atoms with E-state index in [-0.39, 0.29) is 5.91 Å². The fourth-order valence-electron chi connectivity index (χ4n) is 0.921. The molecular formula is C9H13NOS2. The normalized spacial score (nSPS) is 31.5. The Bertz CT molecular complexity index is 307. The zero-order valence-corrected chi connectivity index (χ0v) is 9.36. The van der Waals surface area contributed by atoms with E-state index in [0.29, 0.717) is 0 Å². The van der Waals surface area contributed by atoms with Crippen LogP contribution in [-0.4, -0.2) is 5.91 Å². The van der Waals surface area contributed by atoms with Gasteiger partial charge in [-0.2, -0.15) is 0 Å². The highest BCUT2D eigenvalue weighted by atomic mass is 33.1. The highest BCUT2D eigenvalue weighted by Gasteiger charge is 2.13. The van der Waals surface area contributed by atoms with Gasteiger partial charge in [-0.25, -0.2) is 0 Å². The molecule has 0 bridgehead atoms. The molecule has 1 aliphatic rings. The molecule has 1 rings (SSSR count). The van der Waals surface area contributed by atoms with Crippen LogP contribution in [-0.2, 0) is 4.79 Å². The summed E-state index contributed by atoms with van der Waals surface area (Å²) in [6.45, 7) is 3.51. The topological polar surface area (TPSA) is 29.1 Å². The van der Waals surface area contributed by atoms with Crippen molar-refractivity contribution in [3.8, 4) is 0 Å². The van der Waals surface area contributed by atoms with Crippen molar-refractivity contribution in [2.75, 3.05) is 0 Å². The van der Waals surface area contributed by atoms with Crippen molar-refractivity contribution in [2.45, 2.75) is 13.8 Å². The molecule has 1 amide bonds. The van der Waals surface area contributed by atoms with Crippen LogP contribution in [0.4, 0.5) is 0 Å². The molecule has 0 radical (unpaired) electrons. The highest BCUT2D eigenvalue weighted by molar-refractivity contribution is 8.89. The Kier molecular flexibility index (Phi) is 3.27. The van der Waals surface area contributed by atoms with E-state index in [9.17, 15) is 4.79 Å². The number of thiol groups is 1. The van der Waals surface area contributed by atoms with Crippen LogP contribution in [0.25, 0.3) is 0 Å². The fourth-order valence-corrected chi connectivity index (χ4v) is 3.13. The van der Waals surface area contributed by atoms with E-state index in [0.717, 1.165) is 5.57 Å². The summed E-state index contributed by atoms with van der Waals surface area (Å²) < 4.78 is 2.82. The van der Waals surface area contributed by atoms with Crippen molar-refractivity contribution in [3.05, 3.63) is 34.6 Å². The van der Waals surface area contributed by atoms with Gasteiger partial charge in [0.05, 0.1) is 0 Å². The summed E-state index contributed by atoms with van der Waals surface area (Å²) in [7, 11) is -1.53. The van der Waals surface area contributed by atoms with Crippen LogP contribution in [0.1, 0.15) is 13.8 Å². The minimum Gasteiger partial charge on any atom is -0.303 e. The van der Waals surface area contributed by atoms with Crippen LogP contribution in [0.3, 0.4) is 0 Å². The predicted molar refractivity (Wildman–Crippen MR) is 62.4 cm³/mol. The van der Waals surface area contributed by atoms with Crippen molar-refractivity contribution in [3.63, 3.8) is 0 Å². The lowest BCUT2D eigenvalue weighted by molar-refractivity contribution is -0.117. The third-order valence-corrected chi connectivity index (χ3v) is 4.23. The number of rotatable bonds is 1. The summed E-state index contributed by atoms with van der Waals surface area (Å²) in [4.78, 5) is 10.9. The third-order valence-electron chi connectivity index (χ3n) is 1.49. The Morgan fingerprint density at radius 3 is 2.85 bits per heavy atom. The van der Waals surface area contributed by atoms with E-state index in [4.69, 9.17) is 0 Å². The lowest BCUT2D eigenvalue weighted by atomic mass is 10.3. The van der Waals surface area contributed by atoms with E-state index < -0.39 is 9.25 Å². The van der Waals surface area contributed by atoms with Gasteiger partial charge in [-0.05, 0) is 17.7 Å². The second-order valence-corrected chi connectivity index (χ2v) is 6.78. The summed E-state index contributed by atoms with van der Waals surface area (Å²) in [5.74, 6) is -0.0566. The molecule has 2 nitrogen and oxygen atoms in total. The molecule has 0 aromatic heterocycles. The first-order valence-corrected chi connectivity index (χ1v) is 6.70. The van der Waals surface area contributed by atoms with E-state index in [1.54, 1.807) is 0 Å². The van der Waals surface area contributed by atoms with Crippen LogP contribution in [0.15, 0.2) is 34.6 Å². The fraction of sp³-hybridized carbons (Fsp3) is 0.222. The molecule has 0 saturated carbocycles. The molecule has 0 fully saturated rings. The molecule has 0 spiro atoms. The van der Waals surface area contributed by atoms with Crippen molar-refractivity contribution in [2.24, 2.45) is 0 Å². The second kappa shape index (κ2) is 4.07. The number of carbonyl (C=O) groups excluding carboxylic acids is 1. The van der Waals surface area contributed by atoms with Crippen LogP contribution >= 0.6 is 20.9 Å². The average molecular weight is 215 g/mol. The molecule has 0 saturated heterocycles. The Labute approximate surface area is 85.0 Å². The average Bonchev–Trinajstić information content (AvgIpc) is 2.12. The maximum Gasteiger partial charge on any atom is 0.226 e. The number of carbonyl (C=O) groups is 1. The molecule has 4 heteroatoms. The number of allylic oxidation sites excluding steroid dienone is 4. The Morgan fingerprint density at radius 2 is 2.23 bits per heavy atom. The van der Waals surface area contributed by atoms with Crippen molar-refractivity contribution >= 4 is 26.8 Å². The first kappa shape index (κ1) is 10.5. The summed E-state index contributed by atoms with van der Waals surface area (Å²) in [6.07, 6.45) is 5.88. The number of nitrogens with one attached hydrogen (secondary N) is 1. The maximum absolute atomic E-state index is 10.9. The molecule has 1 heterocycles. The molecule has 1 atom stereocenters. The minimum absolute atomic E-state index is 0.0566. The predicted octanol–water partition coefficient (Wildman–Crippen LogP) is 2.67. The Balaban J connectivity index is 2.83. The Morgan fingerprint density at radius 1 is 1.54 bits per heavy atom. The summed E-state index contributed by atoms with van der Waals surface area (Å²) in [5.41, 5.74) is 1.16. The van der Waals surface area contributed by atoms with Gasteiger partial charge in [0, 0.05) is 6.92 Å². The largest absolute Gasteiger partial charge is 0.303 e. The van der Waals surface area contributed by atoms with Gasteiger partial charge in [0.1, 0.15) is 0 Å². The summed E-state index contributed by atoms with van der Waals surface area (Å²) in [5, 5.41) is 3.86. The lowest BCUT2D eigenvalue weighted by Crippen LogP contribution is -2.18. The number of hydrogen-bond acceptors (Lipinski definition) is 2. The van der Waals surface area contributed by atoms with Gasteiger partial charge in [0.25, 0.3) is 0 Å². The number of hydrogen-bond donors (Lipinski definition) is 2. The zero-order valence-electron chi connectivity index (χ0n) is 7.65. The second-order valence-electron chi connectivity index (χ2n) is 2.87. The van der Waals surface area contributed by atoms with Gasteiger partial charge in [-0.15, -0.1) is 11.7 Å². The van der Waals surface area contributed by atoms with E-state index >= 15 is 0 Å². The van der Waals surface area contributed by atoms with Gasteiger partial charge in [0.2, 0.25) is 5.91 Å². The van der Waals surface area contributed by atoms with Crippen molar-refractivity contribution in [1.82, 2.24) is 4.72 Å².